The largest absolute Gasteiger partial charge is 0.315 e. The fourth-order valence-corrected chi connectivity index (χ4v) is 1.19. The average Bonchev–Trinajstić information content (AvgIpc) is 2.13. The Morgan fingerprint density at radius 2 is 2.08 bits per heavy atom. The molecule has 1 N–H and O–H groups in total. The Balaban J connectivity index is 3.09. The molecule has 2 heteroatoms. The smallest absolute Gasteiger partial charge is 0.0104 e. The summed E-state index contributed by atoms with van der Waals surface area (Å²) in [6.45, 7) is 10.5. The third-order valence-corrected chi connectivity index (χ3v) is 2.05. The van der Waals surface area contributed by atoms with Crippen molar-refractivity contribution in [1.29, 1.82) is 0 Å². The highest BCUT2D eigenvalue weighted by Gasteiger charge is 1.95. The van der Waals surface area contributed by atoms with Crippen LogP contribution in [-0.4, -0.2) is 38.1 Å². The normalized spacial score (nSPS) is 10.7. The van der Waals surface area contributed by atoms with E-state index in [9.17, 15) is 0 Å². The molecule has 78 valence electrons. The maximum Gasteiger partial charge on any atom is 0.0104 e. The van der Waals surface area contributed by atoms with Crippen LogP contribution in [0.1, 0.15) is 26.2 Å². The van der Waals surface area contributed by atoms with Gasteiger partial charge in [-0.25, -0.2) is 0 Å². The fourth-order valence-electron chi connectivity index (χ4n) is 1.19. The molecular formula is C11H24N2. The molecule has 0 amide bonds. The van der Waals surface area contributed by atoms with E-state index in [1.807, 2.05) is 6.08 Å². The van der Waals surface area contributed by atoms with E-state index in [0.29, 0.717) is 0 Å². The molecule has 0 heterocycles. The van der Waals surface area contributed by atoms with Crippen molar-refractivity contribution in [3.8, 4) is 0 Å². The van der Waals surface area contributed by atoms with Crippen molar-refractivity contribution in [2.45, 2.75) is 26.2 Å². The van der Waals surface area contributed by atoms with Crippen molar-refractivity contribution in [1.82, 2.24) is 10.2 Å². The lowest BCUT2D eigenvalue weighted by molar-refractivity contribution is 0.328. The highest BCUT2D eigenvalue weighted by atomic mass is 15.1. The third kappa shape index (κ3) is 9.57. The van der Waals surface area contributed by atoms with Crippen LogP contribution < -0.4 is 5.32 Å². The minimum atomic E-state index is 1.11. The second kappa shape index (κ2) is 9.75. The lowest BCUT2D eigenvalue weighted by Crippen LogP contribution is -2.30. The van der Waals surface area contributed by atoms with E-state index in [0.717, 1.165) is 26.1 Å². The van der Waals surface area contributed by atoms with Crippen LogP contribution in [0.15, 0.2) is 12.7 Å². The molecule has 0 saturated carbocycles. The first-order chi connectivity index (χ1) is 6.31. The van der Waals surface area contributed by atoms with E-state index in [4.69, 9.17) is 0 Å². The van der Waals surface area contributed by atoms with Gasteiger partial charge >= 0.3 is 0 Å². The first-order valence-electron chi connectivity index (χ1n) is 5.31. The SMILES string of the molecule is C=CCCCN(C)CCNCCC. The number of likely N-dealkylation sites (N-methyl/N-ethyl adjacent to an activating group) is 1. The Kier molecular flexibility index (Phi) is 9.49. The zero-order chi connectivity index (χ0) is 9.94. The highest BCUT2D eigenvalue weighted by molar-refractivity contribution is 4.67. The van der Waals surface area contributed by atoms with E-state index in [-0.39, 0.29) is 0 Å². The minimum Gasteiger partial charge on any atom is -0.315 e. The summed E-state index contributed by atoms with van der Waals surface area (Å²) in [5.41, 5.74) is 0. The number of hydrogen-bond acceptors (Lipinski definition) is 2. The number of hydrogen-bond donors (Lipinski definition) is 1. The van der Waals surface area contributed by atoms with Crippen molar-refractivity contribution < 1.29 is 0 Å². The summed E-state index contributed by atoms with van der Waals surface area (Å²) in [6.07, 6.45) is 5.57. The Labute approximate surface area is 83.0 Å². The van der Waals surface area contributed by atoms with Crippen LogP contribution in [0, 0.1) is 0 Å². The fraction of sp³-hybridized carbons (Fsp3) is 0.818. The molecule has 0 saturated heterocycles. The van der Waals surface area contributed by atoms with Gasteiger partial charge in [0.25, 0.3) is 0 Å². The monoisotopic (exact) mass is 184 g/mol. The quantitative estimate of drug-likeness (QED) is 0.435. The Bertz CT molecular complexity index is 113. The van der Waals surface area contributed by atoms with E-state index in [1.54, 1.807) is 0 Å². The first-order valence-corrected chi connectivity index (χ1v) is 5.31. The van der Waals surface area contributed by atoms with Crippen LogP contribution in [0.4, 0.5) is 0 Å². The predicted octanol–water partition coefficient (Wildman–Crippen LogP) is 1.88. The molecule has 0 aliphatic carbocycles. The second-order valence-corrected chi connectivity index (χ2v) is 3.48. The molecule has 0 aromatic heterocycles. The molecule has 0 bridgehead atoms. The molecule has 13 heavy (non-hydrogen) atoms. The third-order valence-electron chi connectivity index (χ3n) is 2.05. The zero-order valence-corrected chi connectivity index (χ0v) is 9.18. The van der Waals surface area contributed by atoms with Gasteiger partial charge < -0.3 is 10.2 Å². The number of nitrogens with zero attached hydrogens (tertiary/aromatic N) is 1. The number of rotatable bonds is 9. The van der Waals surface area contributed by atoms with Crippen LogP contribution in [0.2, 0.25) is 0 Å². The van der Waals surface area contributed by atoms with Gasteiger partial charge in [0.1, 0.15) is 0 Å². The van der Waals surface area contributed by atoms with Crippen LogP contribution in [0.3, 0.4) is 0 Å². The molecule has 0 spiro atoms. The maximum atomic E-state index is 3.71. The summed E-state index contributed by atoms with van der Waals surface area (Å²) in [4.78, 5) is 2.37. The van der Waals surface area contributed by atoms with Gasteiger partial charge in [-0.15, -0.1) is 6.58 Å². The van der Waals surface area contributed by atoms with Crippen molar-refractivity contribution >= 4 is 0 Å². The van der Waals surface area contributed by atoms with Gasteiger partial charge in [0.2, 0.25) is 0 Å². The number of allylic oxidation sites excluding steroid dienone is 1. The lowest BCUT2D eigenvalue weighted by Gasteiger charge is -2.15. The summed E-state index contributed by atoms with van der Waals surface area (Å²) < 4.78 is 0. The summed E-state index contributed by atoms with van der Waals surface area (Å²) in [5.74, 6) is 0. The van der Waals surface area contributed by atoms with E-state index in [2.05, 4.69) is 30.8 Å². The van der Waals surface area contributed by atoms with Gasteiger partial charge in [-0.2, -0.15) is 0 Å². The summed E-state index contributed by atoms with van der Waals surface area (Å²) in [5, 5.41) is 3.39. The topological polar surface area (TPSA) is 15.3 Å². The van der Waals surface area contributed by atoms with Crippen LogP contribution >= 0.6 is 0 Å². The average molecular weight is 184 g/mol. The maximum absolute atomic E-state index is 3.71. The van der Waals surface area contributed by atoms with Crippen molar-refractivity contribution in [3.63, 3.8) is 0 Å². The lowest BCUT2D eigenvalue weighted by atomic mass is 10.3. The molecule has 0 radical (unpaired) electrons. The Morgan fingerprint density at radius 1 is 1.31 bits per heavy atom. The van der Waals surface area contributed by atoms with E-state index in [1.165, 1.54) is 19.4 Å². The molecule has 0 rings (SSSR count). The highest BCUT2D eigenvalue weighted by Crippen LogP contribution is 1.92. The Hall–Kier alpha value is -0.340. The van der Waals surface area contributed by atoms with Crippen LogP contribution in [-0.2, 0) is 0 Å². The van der Waals surface area contributed by atoms with Gasteiger partial charge in [-0.3, -0.25) is 0 Å². The molecule has 0 aromatic carbocycles. The van der Waals surface area contributed by atoms with Gasteiger partial charge in [0.05, 0.1) is 0 Å². The second-order valence-electron chi connectivity index (χ2n) is 3.48. The molecule has 0 atom stereocenters. The summed E-state index contributed by atoms with van der Waals surface area (Å²) >= 11 is 0. The molecule has 2 nitrogen and oxygen atoms in total. The van der Waals surface area contributed by atoms with Crippen molar-refractivity contribution in [2.24, 2.45) is 0 Å². The van der Waals surface area contributed by atoms with Gasteiger partial charge in [-0.05, 0) is 39.4 Å². The molecule has 0 unspecified atom stereocenters. The molecule has 0 aromatic rings. The van der Waals surface area contributed by atoms with Gasteiger partial charge in [-0.1, -0.05) is 13.0 Å². The van der Waals surface area contributed by atoms with Gasteiger partial charge in [0, 0.05) is 13.1 Å². The molecule has 0 aliphatic rings. The number of unbranched alkanes of at least 4 members (excludes halogenated alkanes) is 1. The van der Waals surface area contributed by atoms with E-state index >= 15 is 0 Å². The standard InChI is InChI=1S/C11H24N2/c1-4-6-7-10-13(3)11-9-12-8-5-2/h4,12H,1,5-11H2,2-3H3. The van der Waals surface area contributed by atoms with Gasteiger partial charge in [0.15, 0.2) is 0 Å². The molecular weight excluding hydrogens is 160 g/mol. The first kappa shape index (κ1) is 12.7. The van der Waals surface area contributed by atoms with Crippen molar-refractivity contribution in [3.05, 3.63) is 12.7 Å². The molecule has 0 fully saturated rings. The van der Waals surface area contributed by atoms with Crippen molar-refractivity contribution in [2.75, 3.05) is 33.2 Å². The van der Waals surface area contributed by atoms with Crippen LogP contribution in [0.5, 0.6) is 0 Å². The molecule has 0 aliphatic heterocycles. The van der Waals surface area contributed by atoms with Crippen LogP contribution in [0.25, 0.3) is 0 Å². The summed E-state index contributed by atoms with van der Waals surface area (Å²) in [7, 11) is 2.18. The minimum absolute atomic E-state index is 1.11. The Morgan fingerprint density at radius 3 is 2.69 bits per heavy atom. The zero-order valence-electron chi connectivity index (χ0n) is 9.18. The van der Waals surface area contributed by atoms with E-state index < -0.39 is 0 Å². The number of nitrogens with one attached hydrogen (secondary N) is 1. The summed E-state index contributed by atoms with van der Waals surface area (Å²) in [6, 6.07) is 0. The predicted molar refractivity (Wildman–Crippen MR) is 60.1 cm³/mol.